The first-order valence-corrected chi connectivity index (χ1v) is 4.27. The molecule has 0 amide bonds. The van der Waals surface area contributed by atoms with Crippen molar-refractivity contribution in [1.82, 2.24) is 0 Å². The van der Waals surface area contributed by atoms with Crippen LogP contribution in [-0.2, 0) is 0 Å². The zero-order valence-corrected chi connectivity index (χ0v) is 7.09. The number of aliphatic hydroxyl groups is 1. The standard InChI is InChI=1S/C8H18N2O/c1-6(11)8(10)4-2-7(9)3-5-8/h6-7,11H,2-5,9-10H2,1H3. The van der Waals surface area contributed by atoms with Gasteiger partial charge in [0.15, 0.2) is 0 Å². The van der Waals surface area contributed by atoms with E-state index in [1.54, 1.807) is 6.92 Å². The highest BCUT2D eigenvalue weighted by atomic mass is 16.3. The van der Waals surface area contributed by atoms with Gasteiger partial charge >= 0.3 is 0 Å². The fourth-order valence-corrected chi connectivity index (χ4v) is 1.60. The number of aliphatic hydroxyl groups excluding tert-OH is 1. The molecule has 1 aliphatic carbocycles. The third kappa shape index (κ3) is 1.92. The van der Waals surface area contributed by atoms with E-state index in [0.29, 0.717) is 6.04 Å². The highest BCUT2D eigenvalue weighted by Crippen LogP contribution is 2.27. The summed E-state index contributed by atoms with van der Waals surface area (Å²) >= 11 is 0. The second kappa shape index (κ2) is 3.09. The van der Waals surface area contributed by atoms with Crippen LogP contribution >= 0.6 is 0 Å². The van der Waals surface area contributed by atoms with Crippen LogP contribution in [0.1, 0.15) is 32.6 Å². The maximum atomic E-state index is 9.36. The Hall–Kier alpha value is -0.120. The van der Waals surface area contributed by atoms with E-state index in [1.807, 2.05) is 0 Å². The van der Waals surface area contributed by atoms with Crippen molar-refractivity contribution in [3.63, 3.8) is 0 Å². The molecule has 0 spiro atoms. The molecule has 0 aromatic rings. The fourth-order valence-electron chi connectivity index (χ4n) is 1.60. The molecule has 5 N–H and O–H groups in total. The quantitative estimate of drug-likeness (QED) is 0.501. The Morgan fingerprint density at radius 1 is 1.45 bits per heavy atom. The van der Waals surface area contributed by atoms with E-state index in [9.17, 15) is 5.11 Å². The van der Waals surface area contributed by atoms with Gasteiger partial charge < -0.3 is 16.6 Å². The molecule has 66 valence electrons. The van der Waals surface area contributed by atoms with E-state index < -0.39 is 6.10 Å². The average molecular weight is 158 g/mol. The molecule has 3 heteroatoms. The summed E-state index contributed by atoms with van der Waals surface area (Å²) in [6, 6.07) is 0.297. The molecular formula is C8H18N2O. The van der Waals surface area contributed by atoms with Gasteiger partial charge in [-0.1, -0.05) is 0 Å². The molecule has 1 saturated carbocycles. The lowest BCUT2D eigenvalue weighted by Gasteiger charge is -2.38. The van der Waals surface area contributed by atoms with Gasteiger partial charge in [0, 0.05) is 11.6 Å². The van der Waals surface area contributed by atoms with Crippen LogP contribution in [0.5, 0.6) is 0 Å². The maximum absolute atomic E-state index is 9.36. The van der Waals surface area contributed by atoms with Crippen molar-refractivity contribution in [2.75, 3.05) is 0 Å². The maximum Gasteiger partial charge on any atom is 0.0691 e. The lowest BCUT2D eigenvalue weighted by molar-refractivity contribution is 0.0704. The topological polar surface area (TPSA) is 72.3 Å². The van der Waals surface area contributed by atoms with Gasteiger partial charge in [-0.05, 0) is 32.6 Å². The van der Waals surface area contributed by atoms with Crippen molar-refractivity contribution in [3.8, 4) is 0 Å². The van der Waals surface area contributed by atoms with Crippen molar-refractivity contribution >= 4 is 0 Å². The van der Waals surface area contributed by atoms with Crippen molar-refractivity contribution in [2.24, 2.45) is 11.5 Å². The van der Waals surface area contributed by atoms with Crippen molar-refractivity contribution in [2.45, 2.75) is 50.3 Å². The molecular weight excluding hydrogens is 140 g/mol. The monoisotopic (exact) mass is 158 g/mol. The second-order valence-electron chi connectivity index (χ2n) is 3.75. The first-order valence-electron chi connectivity index (χ1n) is 4.27. The lowest BCUT2D eigenvalue weighted by Crippen LogP contribution is -2.53. The normalized spacial score (nSPS) is 42.0. The first kappa shape index (κ1) is 8.97. The summed E-state index contributed by atoms with van der Waals surface area (Å²) in [6.45, 7) is 1.76. The summed E-state index contributed by atoms with van der Waals surface area (Å²) in [6.07, 6.45) is 3.19. The molecule has 0 saturated heterocycles. The highest BCUT2D eigenvalue weighted by molar-refractivity contribution is 4.94. The van der Waals surface area contributed by atoms with Gasteiger partial charge in [0.1, 0.15) is 0 Å². The van der Waals surface area contributed by atoms with Gasteiger partial charge in [-0.2, -0.15) is 0 Å². The molecule has 0 aromatic heterocycles. The number of nitrogens with two attached hydrogens (primary N) is 2. The zero-order valence-electron chi connectivity index (χ0n) is 7.09. The molecule has 1 unspecified atom stereocenters. The van der Waals surface area contributed by atoms with Crippen molar-refractivity contribution < 1.29 is 5.11 Å². The molecule has 1 rings (SSSR count). The minimum Gasteiger partial charge on any atom is -0.392 e. The summed E-state index contributed by atoms with van der Waals surface area (Å²) < 4.78 is 0. The summed E-state index contributed by atoms with van der Waals surface area (Å²) in [5.74, 6) is 0. The minimum atomic E-state index is -0.407. The van der Waals surface area contributed by atoms with Crippen molar-refractivity contribution in [3.05, 3.63) is 0 Å². The van der Waals surface area contributed by atoms with Crippen LogP contribution in [0.3, 0.4) is 0 Å². The van der Waals surface area contributed by atoms with Gasteiger partial charge in [-0.25, -0.2) is 0 Å². The predicted octanol–water partition coefficient (Wildman–Crippen LogP) is -0.0340. The third-order valence-electron chi connectivity index (χ3n) is 2.79. The Morgan fingerprint density at radius 3 is 2.27 bits per heavy atom. The van der Waals surface area contributed by atoms with Gasteiger partial charge in [0.05, 0.1) is 6.10 Å². The van der Waals surface area contributed by atoms with E-state index in [4.69, 9.17) is 11.5 Å². The Kier molecular flexibility index (Phi) is 2.52. The second-order valence-corrected chi connectivity index (χ2v) is 3.75. The SMILES string of the molecule is CC(O)C1(N)CCC(N)CC1. The summed E-state index contributed by atoms with van der Waals surface area (Å²) in [5, 5.41) is 9.36. The van der Waals surface area contributed by atoms with Crippen LogP contribution in [-0.4, -0.2) is 22.8 Å². The summed E-state index contributed by atoms with van der Waals surface area (Å²) in [7, 11) is 0. The van der Waals surface area contributed by atoms with Crippen LogP contribution in [0.15, 0.2) is 0 Å². The molecule has 0 aliphatic heterocycles. The lowest BCUT2D eigenvalue weighted by atomic mass is 9.77. The van der Waals surface area contributed by atoms with E-state index in [-0.39, 0.29) is 5.54 Å². The molecule has 1 fully saturated rings. The molecule has 3 nitrogen and oxygen atoms in total. The van der Waals surface area contributed by atoms with Gasteiger partial charge in [0.25, 0.3) is 0 Å². The molecule has 0 heterocycles. The third-order valence-corrected chi connectivity index (χ3v) is 2.79. The number of hydrogen-bond acceptors (Lipinski definition) is 3. The van der Waals surface area contributed by atoms with Crippen LogP contribution in [0.4, 0.5) is 0 Å². The Bertz CT molecular complexity index is 128. The Balaban J connectivity index is 2.48. The fraction of sp³-hybridized carbons (Fsp3) is 1.00. The zero-order chi connectivity index (χ0) is 8.48. The molecule has 1 aliphatic rings. The van der Waals surface area contributed by atoms with Gasteiger partial charge in [-0.3, -0.25) is 0 Å². The summed E-state index contributed by atoms with van der Waals surface area (Å²) in [5.41, 5.74) is 11.3. The van der Waals surface area contributed by atoms with Gasteiger partial charge in [0.2, 0.25) is 0 Å². The molecule has 0 bridgehead atoms. The Morgan fingerprint density at radius 2 is 1.91 bits per heavy atom. The van der Waals surface area contributed by atoms with Crippen molar-refractivity contribution in [1.29, 1.82) is 0 Å². The van der Waals surface area contributed by atoms with Gasteiger partial charge in [-0.15, -0.1) is 0 Å². The molecule has 0 aromatic carbocycles. The first-order chi connectivity index (χ1) is 5.04. The predicted molar refractivity (Wildman–Crippen MR) is 45.0 cm³/mol. The van der Waals surface area contributed by atoms with Crippen LogP contribution in [0, 0.1) is 0 Å². The molecule has 1 atom stereocenters. The van der Waals surface area contributed by atoms with Crippen LogP contribution < -0.4 is 11.5 Å². The number of rotatable bonds is 1. The highest BCUT2D eigenvalue weighted by Gasteiger charge is 2.34. The van der Waals surface area contributed by atoms with E-state index in [2.05, 4.69) is 0 Å². The van der Waals surface area contributed by atoms with E-state index in [1.165, 1.54) is 0 Å². The van der Waals surface area contributed by atoms with E-state index >= 15 is 0 Å². The van der Waals surface area contributed by atoms with Crippen LogP contribution in [0.25, 0.3) is 0 Å². The minimum absolute atomic E-state index is 0.297. The Labute approximate surface area is 67.8 Å². The average Bonchev–Trinajstić information content (AvgIpc) is 1.95. The summed E-state index contributed by atoms with van der Waals surface area (Å²) in [4.78, 5) is 0. The van der Waals surface area contributed by atoms with E-state index in [0.717, 1.165) is 25.7 Å². The smallest absolute Gasteiger partial charge is 0.0691 e. The molecule has 11 heavy (non-hydrogen) atoms. The molecule has 0 radical (unpaired) electrons. The van der Waals surface area contributed by atoms with Crippen LogP contribution in [0.2, 0.25) is 0 Å². The number of hydrogen-bond donors (Lipinski definition) is 3. The largest absolute Gasteiger partial charge is 0.392 e.